The monoisotopic (exact) mass is 263 g/mol. The number of aliphatic hydroxyl groups excluding tert-OH is 1. The van der Waals surface area contributed by atoms with Crippen LogP contribution in [0.2, 0.25) is 0 Å². The van der Waals surface area contributed by atoms with Gasteiger partial charge in [-0.2, -0.15) is 0 Å². The Morgan fingerprint density at radius 3 is 2.32 bits per heavy atom. The summed E-state index contributed by atoms with van der Waals surface area (Å²) in [5.74, 6) is -0.277. The van der Waals surface area contributed by atoms with Crippen molar-refractivity contribution < 1.29 is 9.50 Å². The third-order valence-electron chi connectivity index (χ3n) is 4.91. The van der Waals surface area contributed by atoms with E-state index in [0.717, 1.165) is 38.8 Å². The van der Waals surface area contributed by atoms with Gasteiger partial charge in [0, 0.05) is 5.56 Å². The van der Waals surface area contributed by atoms with Crippen molar-refractivity contribution in [1.82, 2.24) is 4.90 Å². The third-order valence-corrected chi connectivity index (χ3v) is 4.91. The summed E-state index contributed by atoms with van der Waals surface area (Å²) in [6.45, 7) is 2.09. The summed E-state index contributed by atoms with van der Waals surface area (Å²) in [7, 11) is 0. The van der Waals surface area contributed by atoms with Crippen LogP contribution in [0.3, 0.4) is 0 Å². The van der Waals surface area contributed by atoms with Gasteiger partial charge in [0.05, 0.1) is 5.54 Å². The average Bonchev–Trinajstić information content (AvgIpc) is 3.10. The fourth-order valence-corrected chi connectivity index (χ4v) is 3.90. The molecule has 1 aromatic carbocycles. The molecule has 1 unspecified atom stereocenters. The molecule has 1 aromatic rings. The third kappa shape index (κ3) is 2.19. The molecule has 1 N–H and O–H groups in total. The number of hydrogen-bond acceptors (Lipinski definition) is 2. The molecule has 1 atom stereocenters. The molecule has 0 amide bonds. The molecular weight excluding hydrogens is 241 g/mol. The van der Waals surface area contributed by atoms with E-state index in [1.54, 1.807) is 12.1 Å². The maximum atomic E-state index is 14.0. The summed E-state index contributed by atoms with van der Waals surface area (Å²) in [5.41, 5.74) is 0.245. The van der Waals surface area contributed by atoms with E-state index in [9.17, 15) is 9.50 Å². The molecule has 3 rings (SSSR count). The van der Waals surface area contributed by atoms with E-state index in [1.807, 2.05) is 6.07 Å². The molecule has 1 saturated carbocycles. The summed E-state index contributed by atoms with van der Waals surface area (Å²) in [5, 5.41) is 10.8. The van der Waals surface area contributed by atoms with Crippen LogP contribution in [0.1, 0.15) is 50.2 Å². The van der Waals surface area contributed by atoms with Crippen LogP contribution in [0.25, 0.3) is 0 Å². The van der Waals surface area contributed by atoms with Gasteiger partial charge in [-0.1, -0.05) is 31.0 Å². The van der Waals surface area contributed by atoms with Crippen molar-refractivity contribution >= 4 is 0 Å². The van der Waals surface area contributed by atoms with Crippen LogP contribution in [0.4, 0.5) is 4.39 Å². The van der Waals surface area contributed by atoms with Crippen molar-refractivity contribution in [2.45, 2.75) is 50.2 Å². The standard InChI is InChI=1S/C16H22FNO/c17-14-8-2-1-7-13(14)15(19)16(9-3-4-10-16)18-11-5-6-12-18/h1-2,7-8,15,19H,3-6,9-12H2. The molecule has 0 bridgehead atoms. The van der Waals surface area contributed by atoms with E-state index in [2.05, 4.69) is 4.90 Å². The molecule has 1 aliphatic heterocycles. The molecule has 3 heteroatoms. The molecule has 2 nitrogen and oxygen atoms in total. The first kappa shape index (κ1) is 13.1. The first-order chi connectivity index (χ1) is 9.24. The van der Waals surface area contributed by atoms with Gasteiger partial charge >= 0.3 is 0 Å². The van der Waals surface area contributed by atoms with Gasteiger partial charge in [-0.05, 0) is 44.8 Å². The van der Waals surface area contributed by atoms with Gasteiger partial charge in [0.2, 0.25) is 0 Å². The first-order valence-electron chi connectivity index (χ1n) is 7.42. The molecule has 1 heterocycles. The lowest BCUT2D eigenvalue weighted by molar-refractivity contribution is -0.0213. The Bertz CT molecular complexity index is 436. The molecule has 2 aliphatic rings. The Kier molecular flexibility index (Phi) is 3.59. The summed E-state index contributed by atoms with van der Waals surface area (Å²) < 4.78 is 14.0. The van der Waals surface area contributed by atoms with E-state index < -0.39 is 6.10 Å². The van der Waals surface area contributed by atoms with Crippen LogP contribution in [-0.4, -0.2) is 28.6 Å². The molecule has 0 aromatic heterocycles. The first-order valence-corrected chi connectivity index (χ1v) is 7.42. The SMILES string of the molecule is OC(c1ccccc1F)C1(N2CCCC2)CCCC1. The van der Waals surface area contributed by atoms with E-state index in [1.165, 1.54) is 18.9 Å². The largest absolute Gasteiger partial charge is 0.386 e. The minimum Gasteiger partial charge on any atom is -0.386 e. The van der Waals surface area contributed by atoms with Crippen molar-refractivity contribution in [1.29, 1.82) is 0 Å². The fourth-order valence-electron chi connectivity index (χ4n) is 3.90. The Labute approximate surface area is 114 Å². The molecule has 0 radical (unpaired) electrons. The number of hydrogen-bond donors (Lipinski definition) is 1. The van der Waals surface area contributed by atoms with Crippen LogP contribution in [-0.2, 0) is 0 Å². The maximum Gasteiger partial charge on any atom is 0.129 e. The smallest absolute Gasteiger partial charge is 0.129 e. The minimum atomic E-state index is -0.700. The zero-order chi connectivity index (χ0) is 13.3. The van der Waals surface area contributed by atoms with Crippen molar-refractivity contribution in [2.24, 2.45) is 0 Å². The lowest BCUT2D eigenvalue weighted by Gasteiger charge is -2.42. The summed E-state index contributed by atoms with van der Waals surface area (Å²) in [4.78, 5) is 2.41. The second kappa shape index (κ2) is 5.22. The van der Waals surface area contributed by atoms with Crippen LogP contribution >= 0.6 is 0 Å². The fraction of sp³-hybridized carbons (Fsp3) is 0.625. The zero-order valence-electron chi connectivity index (χ0n) is 11.3. The summed E-state index contributed by atoms with van der Waals surface area (Å²) in [6.07, 6.45) is 5.96. The topological polar surface area (TPSA) is 23.5 Å². The molecule has 1 aliphatic carbocycles. The molecular formula is C16H22FNO. The molecule has 1 saturated heterocycles. The average molecular weight is 263 g/mol. The number of rotatable bonds is 3. The highest BCUT2D eigenvalue weighted by Crippen LogP contribution is 2.46. The number of nitrogens with zero attached hydrogens (tertiary/aromatic N) is 1. The normalized spacial score (nSPS) is 24.7. The predicted molar refractivity (Wildman–Crippen MR) is 73.4 cm³/mol. The van der Waals surface area contributed by atoms with Gasteiger partial charge in [0.25, 0.3) is 0 Å². The van der Waals surface area contributed by atoms with Gasteiger partial charge < -0.3 is 5.11 Å². The van der Waals surface area contributed by atoms with E-state index in [4.69, 9.17) is 0 Å². The summed E-state index contributed by atoms with van der Waals surface area (Å²) >= 11 is 0. The highest BCUT2D eigenvalue weighted by atomic mass is 19.1. The van der Waals surface area contributed by atoms with Gasteiger partial charge in [-0.3, -0.25) is 4.90 Å². The van der Waals surface area contributed by atoms with Crippen molar-refractivity contribution in [3.63, 3.8) is 0 Å². The quantitative estimate of drug-likeness (QED) is 0.904. The number of halogens is 1. The predicted octanol–water partition coefficient (Wildman–Crippen LogP) is 3.27. The number of aliphatic hydroxyl groups is 1. The highest BCUT2D eigenvalue weighted by molar-refractivity contribution is 5.24. The van der Waals surface area contributed by atoms with Crippen molar-refractivity contribution in [3.8, 4) is 0 Å². The number of benzene rings is 1. The molecule has 2 fully saturated rings. The lowest BCUT2D eigenvalue weighted by Crippen LogP contribution is -2.49. The molecule has 104 valence electrons. The van der Waals surface area contributed by atoms with Crippen molar-refractivity contribution in [2.75, 3.05) is 13.1 Å². The van der Waals surface area contributed by atoms with E-state index in [-0.39, 0.29) is 11.4 Å². The Balaban J connectivity index is 1.94. The minimum absolute atomic E-state index is 0.224. The highest BCUT2D eigenvalue weighted by Gasteiger charge is 2.47. The van der Waals surface area contributed by atoms with E-state index in [0.29, 0.717) is 5.56 Å². The van der Waals surface area contributed by atoms with E-state index >= 15 is 0 Å². The Hall–Kier alpha value is -0.930. The Morgan fingerprint density at radius 2 is 1.68 bits per heavy atom. The maximum absolute atomic E-state index is 14.0. The van der Waals surface area contributed by atoms with Gasteiger partial charge in [0.15, 0.2) is 0 Å². The zero-order valence-corrected chi connectivity index (χ0v) is 11.3. The molecule has 0 spiro atoms. The summed E-state index contributed by atoms with van der Waals surface area (Å²) in [6, 6.07) is 6.68. The van der Waals surface area contributed by atoms with Crippen LogP contribution < -0.4 is 0 Å². The lowest BCUT2D eigenvalue weighted by atomic mass is 9.84. The van der Waals surface area contributed by atoms with Gasteiger partial charge in [-0.15, -0.1) is 0 Å². The van der Waals surface area contributed by atoms with Gasteiger partial charge in [0.1, 0.15) is 11.9 Å². The Morgan fingerprint density at radius 1 is 1.05 bits per heavy atom. The van der Waals surface area contributed by atoms with Crippen molar-refractivity contribution in [3.05, 3.63) is 35.6 Å². The van der Waals surface area contributed by atoms with Crippen LogP contribution in [0, 0.1) is 5.82 Å². The van der Waals surface area contributed by atoms with Crippen LogP contribution in [0.15, 0.2) is 24.3 Å². The second-order valence-electron chi connectivity index (χ2n) is 5.93. The van der Waals surface area contributed by atoms with Crippen LogP contribution in [0.5, 0.6) is 0 Å². The molecule has 19 heavy (non-hydrogen) atoms. The van der Waals surface area contributed by atoms with Gasteiger partial charge in [-0.25, -0.2) is 4.39 Å². The number of likely N-dealkylation sites (tertiary alicyclic amines) is 1. The second-order valence-corrected chi connectivity index (χ2v) is 5.93.